The molecule has 0 amide bonds. The molecule has 0 saturated carbocycles. The molecule has 0 radical (unpaired) electrons. The van der Waals surface area contributed by atoms with Crippen molar-refractivity contribution in [1.29, 1.82) is 0 Å². The van der Waals surface area contributed by atoms with Crippen LogP contribution in [0, 0.1) is 11.8 Å². The molecule has 0 fully saturated rings. The van der Waals surface area contributed by atoms with E-state index in [0.717, 1.165) is 11.1 Å². The Labute approximate surface area is 152 Å². The highest BCUT2D eigenvalue weighted by Gasteiger charge is 2.05. The van der Waals surface area contributed by atoms with Crippen LogP contribution in [0.15, 0.2) is 97.1 Å². The molecule has 5 rings (SSSR count). The van der Waals surface area contributed by atoms with Gasteiger partial charge in [-0.1, -0.05) is 90.7 Å². The largest absolute Gasteiger partial charge is 0.0616 e. The minimum atomic E-state index is 1.04. The topological polar surface area (TPSA) is 0 Å². The van der Waals surface area contributed by atoms with Crippen molar-refractivity contribution in [3.05, 3.63) is 108 Å². The highest BCUT2D eigenvalue weighted by molar-refractivity contribution is 6.04. The van der Waals surface area contributed by atoms with E-state index >= 15 is 0 Å². The Balaban J connectivity index is 1.74. The molecule has 0 nitrogen and oxygen atoms in total. The van der Waals surface area contributed by atoms with Crippen molar-refractivity contribution in [2.45, 2.75) is 0 Å². The standard InChI is InChI=1S/C26H16/c1-2-8-21-17-19(13-15-20(21)7-1)14-16-26-24-11-5-3-9-22(24)18-23-10-4-6-12-25(23)26/h1-13,15,17-18H. The molecule has 5 aromatic rings. The van der Waals surface area contributed by atoms with Gasteiger partial charge in [0, 0.05) is 11.1 Å². The van der Waals surface area contributed by atoms with Gasteiger partial charge in [0.25, 0.3) is 0 Å². The summed E-state index contributed by atoms with van der Waals surface area (Å²) < 4.78 is 0. The van der Waals surface area contributed by atoms with Gasteiger partial charge in [-0.3, -0.25) is 0 Å². The van der Waals surface area contributed by atoms with Crippen molar-refractivity contribution in [2.24, 2.45) is 0 Å². The van der Waals surface area contributed by atoms with E-state index in [1.165, 1.54) is 32.3 Å². The molecule has 0 saturated heterocycles. The van der Waals surface area contributed by atoms with Crippen LogP contribution in [0.5, 0.6) is 0 Å². The van der Waals surface area contributed by atoms with Gasteiger partial charge >= 0.3 is 0 Å². The number of hydrogen-bond acceptors (Lipinski definition) is 0. The van der Waals surface area contributed by atoms with Gasteiger partial charge in [0.05, 0.1) is 0 Å². The van der Waals surface area contributed by atoms with Crippen molar-refractivity contribution in [1.82, 2.24) is 0 Å². The zero-order chi connectivity index (χ0) is 17.3. The Hall–Kier alpha value is -3.56. The first-order chi connectivity index (χ1) is 12.9. The predicted octanol–water partition coefficient (Wildman–Crippen LogP) is 6.55. The second kappa shape index (κ2) is 6.06. The Bertz CT molecular complexity index is 1280. The smallest absolute Gasteiger partial charge is 0.0405 e. The van der Waals surface area contributed by atoms with Crippen LogP contribution in [0.25, 0.3) is 32.3 Å². The van der Waals surface area contributed by atoms with E-state index in [4.69, 9.17) is 0 Å². The molecule has 0 heterocycles. The lowest BCUT2D eigenvalue weighted by atomic mass is 9.97. The van der Waals surface area contributed by atoms with Crippen LogP contribution >= 0.6 is 0 Å². The Morgan fingerprint density at radius 2 is 1.00 bits per heavy atom. The van der Waals surface area contributed by atoms with Crippen LogP contribution in [0.2, 0.25) is 0 Å². The third kappa shape index (κ3) is 2.51. The maximum absolute atomic E-state index is 3.46. The summed E-state index contributed by atoms with van der Waals surface area (Å²) >= 11 is 0. The number of benzene rings is 5. The zero-order valence-corrected chi connectivity index (χ0v) is 14.2. The predicted molar refractivity (Wildman–Crippen MR) is 111 cm³/mol. The van der Waals surface area contributed by atoms with E-state index in [9.17, 15) is 0 Å². The van der Waals surface area contributed by atoms with Gasteiger partial charge in [-0.15, -0.1) is 0 Å². The molecule has 120 valence electrons. The van der Waals surface area contributed by atoms with Gasteiger partial charge in [0.15, 0.2) is 0 Å². The minimum absolute atomic E-state index is 1.04. The summed E-state index contributed by atoms with van der Waals surface area (Å²) in [6.07, 6.45) is 0. The first-order valence-electron chi connectivity index (χ1n) is 8.80. The van der Waals surface area contributed by atoms with E-state index in [2.05, 4.69) is 109 Å². The summed E-state index contributed by atoms with van der Waals surface area (Å²) in [4.78, 5) is 0. The first-order valence-corrected chi connectivity index (χ1v) is 8.80. The Morgan fingerprint density at radius 3 is 1.69 bits per heavy atom. The lowest BCUT2D eigenvalue weighted by Gasteiger charge is -2.06. The normalized spacial score (nSPS) is 10.8. The monoisotopic (exact) mass is 328 g/mol. The highest BCUT2D eigenvalue weighted by atomic mass is 14.1. The fourth-order valence-corrected chi connectivity index (χ4v) is 3.55. The molecule has 0 unspecified atom stereocenters. The molecule has 26 heavy (non-hydrogen) atoms. The second-order valence-corrected chi connectivity index (χ2v) is 6.51. The quantitative estimate of drug-likeness (QED) is 0.223. The SMILES string of the molecule is C(#Cc1c2ccccc2cc2ccccc12)c1ccc2ccccc2c1. The molecule has 0 bridgehead atoms. The van der Waals surface area contributed by atoms with Crippen LogP contribution in [0.4, 0.5) is 0 Å². The molecule has 0 heteroatoms. The van der Waals surface area contributed by atoms with Crippen LogP contribution in [-0.4, -0.2) is 0 Å². The Kier molecular flexibility index (Phi) is 3.44. The molecule has 0 atom stereocenters. The summed E-state index contributed by atoms with van der Waals surface area (Å²) in [7, 11) is 0. The maximum Gasteiger partial charge on any atom is 0.0405 e. The first kappa shape index (κ1) is 14.8. The van der Waals surface area contributed by atoms with Gasteiger partial charge in [0.1, 0.15) is 0 Å². The van der Waals surface area contributed by atoms with Gasteiger partial charge < -0.3 is 0 Å². The van der Waals surface area contributed by atoms with Crippen molar-refractivity contribution >= 4 is 32.3 Å². The maximum atomic E-state index is 3.46. The molecule has 0 N–H and O–H groups in total. The van der Waals surface area contributed by atoms with Gasteiger partial charge in [-0.2, -0.15) is 0 Å². The fraction of sp³-hybridized carbons (Fsp3) is 0. The molecular weight excluding hydrogens is 312 g/mol. The second-order valence-electron chi connectivity index (χ2n) is 6.51. The van der Waals surface area contributed by atoms with Gasteiger partial charge in [-0.05, 0) is 50.5 Å². The molecule has 0 aliphatic rings. The third-order valence-corrected chi connectivity index (χ3v) is 4.85. The molecule has 0 aromatic heterocycles. The van der Waals surface area contributed by atoms with E-state index in [1.807, 2.05) is 0 Å². The average Bonchev–Trinajstić information content (AvgIpc) is 2.71. The Morgan fingerprint density at radius 1 is 0.423 bits per heavy atom. The van der Waals surface area contributed by atoms with E-state index < -0.39 is 0 Å². The van der Waals surface area contributed by atoms with Crippen molar-refractivity contribution in [3.63, 3.8) is 0 Å². The van der Waals surface area contributed by atoms with Crippen LogP contribution in [0.3, 0.4) is 0 Å². The fourth-order valence-electron chi connectivity index (χ4n) is 3.55. The number of rotatable bonds is 0. The molecular formula is C26H16. The molecule has 0 aliphatic heterocycles. The zero-order valence-electron chi connectivity index (χ0n) is 14.2. The number of fused-ring (bicyclic) bond motifs is 3. The number of hydrogen-bond donors (Lipinski definition) is 0. The summed E-state index contributed by atoms with van der Waals surface area (Å²) in [5, 5.41) is 7.35. The van der Waals surface area contributed by atoms with Crippen molar-refractivity contribution < 1.29 is 0 Å². The lowest BCUT2D eigenvalue weighted by Crippen LogP contribution is -1.85. The minimum Gasteiger partial charge on any atom is -0.0616 e. The highest BCUT2D eigenvalue weighted by Crippen LogP contribution is 2.28. The van der Waals surface area contributed by atoms with Gasteiger partial charge in [0.2, 0.25) is 0 Å². The third-order valence-electron chi connectivity index (χ3n) is 4.85. The molecule has 5 aromatic carbocycles. The van der Waals surface area contributed by atoms with Crippen molar-refractivity contribution in [2.75, 3.05) is 0 Å². The summed E-state index contributed by atoms with van der Waals surface area (Å²) in [6, 6.07) is 34.0. The van der Waals surface area contributed by atoms with Crippen LogP contribution in [-0.2, 0) is 0 Å². The van der Waals surface area contributed by atoms with E-state index in [1.54, 1.807) is 0 Å². The average molecular weight is 328 g/mol. The van der Waals surface area contributed by atoms with Crippen LogP contribution < -0.4 is 0 Å². The van der Waals surface area contributed by atoms with Crippen molar-refractivity contribution in [3.8, 4) is 11.8 Å². The van der Waals surface area contributed by atoms with E-state index in [0.29, 0.717) is 0 Å². The summed E-state index contributed by atoms with van der Waals surface area (Å²) in [6.45, 7) is 0. The van der Waals surface area contributed by atoms with Gasteiger partial charge in [-0.25, -0.2) is 0 Å². The van der Waals surface area contributed by atoms with E-state index in [-0.39, 0.29) is 0 Å². The lowest BCUT2D eigenvalue weighted by molar-refractivity contribution is 1.69. The summed E-state index contributed by atoms with van der Waals surface area (Å²) in [5.74, 6) is 6.85. The van der Waals surface area contributed by atoms with Crippen LogP contribution in [0.1, 0.15) is 11.1 Å². The summed E-state index contributed by atoms with van der Waals surface area (Å²) in [5.41, 5.74) is 2.15. The molecule has 0 aliphatic carbocycles. The molecule has 0 spiro atoms.